The zero-order valence-electron chi connectivity index (χ0n) is 13.4. The van der Waals surface area contributed by atoms with Gasteiger partial charge in [0.25, 0.3) is 0 Å². The molecule has 0 saturated heterocycles. The second-order valence-corrected chi connectivity index (χ2v) is 5.71. The van der Waals surface area contributed by atoms with Gasteiger partial charge in [-0.15, -0.1) is 0 Å². The maximum atomic E-state index is 12.3. The van der Waals surface area contributed by atoms with Gasteiger partial charge in [0, 0.05) is 12.6 Å². The molecule has 0 spiro atoms. The molecule has 118 valence electrons. The molecule has 1 aliphatic rings. The van der Waals surface area contributed by atoms with Gasteiger partial charge in [-0.25, -0.2) is 4.79 Å². The molecule has 1 unspecified atom stereocenters. The molecule has 1 aliphatic heterocycles. The Labute approximate surface area is 131 Å². The molecule has 0 bridgehead atoms. The first-order valence-electron chi connectivity index (χ1n) is 7.69. The standard InChI is InChI=1S/C18H23NO3/c1-4-13(2)17(18(21)22-3)19-11-10-15(20)12-16(19)14-8-6-5-7-9-14/h5-11,13,16-17H,4,12H2,1-3H3/t13?,16-,17+/m1/s1. The number of ketones is 1. The first kappa shape index (κ1) is 16.3. The van der Waals surface area contributed by atoms with E-state index in [2.05, 4.69) is 6.92 Å². The fraction of sp³-hybridized carbons (Fsp3) is 0.444. The quantitative estimate of drug-likeness (QED) is 0.784. The van der Waals surface area contributed by atoms with Crippen LogP contribution in [0.15, 0.2) is 42.6 Å². The average molecular weight is 301 g/mol. The van der Waals surface area contributed by atoms with Crippen LogP contribution >= 0.6 is 0 Å². The summed E-state index contributed by atoms with van der Waals surface area (Å²) in [5.74, 6) is -0.0383. The number of nitrogens with zero attached hydrogens (tertiary/aromatic N) is 1. The lowest BCUT2D eigenvalue weighted by Crippen LogP contribution is -2.46. The molecule has 2 rings (SSSR count). The highest BCUT2D eigenvalue weighted by Crippen LogP contribution is 2.33. The van der Waals surface area contributed by atoms with Gasteiger partial charge in [-0.3, -0.25) is 4.79 Å². The number of carbonyl (C=O) groups excluding carboxylic acids is 2. The highest BCUT2D eigenvalue weighted by atomic mass is 16.5. The molecule has 3 atom stereocenters. The van der Waals surface area contributed by atoms with E-state index in [4.69, 9.17) is 4.74 Å². The van der Waals surface area contributed by atoms with Crippen LogP contribution in [0, 0.1) is 5.92 Å². The zero-order chi connectivity index (χ0) is 16.1. The number of rotatable bonds is 5. The largest absolute Gasteiger partial charge is 0.467 e. The third kappa shape index (κ3) is 3.38. The van der Waals surface area contributed by atoms with E-state index in [0.29, 0.717) is 6.42 Å². The summed E-state index contributed by atoms with van der Waals surface area (Å²) in [6, 6.07) is 9.32. The number of carbonyl (C=O) groups is 2. The van der Waals surface area contributed by atoms with Crippen LogP contribution in [0.4, 0.5) is 0 Å². The highest BCUT2D eigenvalue weighted by molar-refractivity contribution is 5.91. The number of hydrogen-bond acceptors (Lipinski definition) is 4. The van der Waals surface area contributed by atoms with Crippen molar-refractivity contribution in [2.75, 3.05) is 7.11 Å². The molecule has 0 aromatic heterocycles. The van der Waals surface area contributed by atoms with E-state index in [0.717, 1.165) is 12.0 Å². The molecular formula is C18H23NO3. The number of benzene rings is 1. The van der Waals surface area contributed by atoms with E-state index in [1.54, 1.807) is 12.3 Å². The lowest BCUT2D eigenvalue weighted by atomic mass is 9.91. The van der Waals surface area contributed by atoms with Crippen LogP contribution < -0.4 is 0 Å². The SMILES string of the molecule is CCC(C)[C@@H](C(=O)OC)N1C=CC(=O)C[C@@H]1c1ccccc1. The monoisotopic (exact) mass is 301 g/mol. The number of hydrogen-bond donors (Lipinski definition) is 0. The van der Waals surface area contributed by atoms with E-state index in [-0.39, 0.29) is 29.8 Å². The van der Waals surface area contributed by atoms with Crippen LogP contribution in [0.3, 0.4) is 0 Å². The second kappa shape index (κ2) is 7.25. The number of ether oxygens (including phenoxy) is 1. The third-order valence-corrected chi connectivity index (χ3v) is 4.32. The molecule has 4 heteroatoms. The van der Waals surface area contributed by atoms with Crippen molar-refractivity contribution in [3.8, 4) is 0 Å². The normalized spacial score (nSPS) is 20.6. The smallest absolute Gasteiger partial charge is 0.328 e. The lowest BCUT2D eigenvalue weighted by molar-refractivity contribution is -0.149. The van der Waals surface area contributed by atoms with Gasteiger partial charge in [0.2, 0.25) is 0 Å². The minimum atomic E-state index is -0.385. The van der Waals surface area contributed by atoms with Gasteiger partial charge in [-0.05, 0) is 17.6 Å². The van der Waals surface area contributed by atoms with Crippen molar-refractivity contribution in [1.82, 2.24) is 4.90 Å². The summed E-state index contributed by atoms with van der Waals surface area (Å²) in [5, 5.41) is 0. The lowest BCUT2D eigenvalue weighted by Gasteiger charge is -2.40. The van der Waals surface area contributed by atoms with E-state index in [1.807, 2.05) is 42.2 Å². The van der Waals surface area contributed by atoms with Gasteiger partial charge in [-0.1, -0.05) is 50.6 Å². The van der Waals surface area contributed by atoms with Crippen molar-refractivity contribution in [3.63, 3.8) is 0 Å². The minimum absolute atomic E-state index is 0.0814. The van der Waals surface area contributed by atoms with Crippen molar-refractivity contribution in [1.29, 1.82) is 0 Å². The van der Waals surface area contributed by atoms with E-state index >= 15 is 0 Å². The predicted octanol–water partition coefficient (Wildman–Crippen LogP) is 3.10. The fourth-order valence-corrected chi connectivity index (χ4v) is 2.88. The molecule has 22 heavy (non-hydrogen) atoms. The molecule has 0 N–H and O–H groups in total. The fourth-order valence-electron chi connectivity index (χ4n) is 2.88. The van der Waals surface area contributed by atoms with E-state index < -0.39 is 0 Å². The first-order valence-corrected chi connectivity index (χ1v) is 7.69. The molecule has 0 radical (unpaired) electrons. The second-order valence-electron chi connectivity index (χ2n) is 5.71. The minimum Gasteiger partial charge on any atom is -0.467 e. The molecule has 0 saturated carbocycles. The Bertz CT molecular complexity index is 553. The molecule has 0 fully saturated rings. The molecule has 0 amide bonds. The topological polar surface area (TPSA) is 46.6 Å². The summed E-state index contributed by atoms with van der Waals surface area (Å²) in [6.45, 7) is 4.09. The molecular weight excluding hydrogens is 278 g/mol. The number of methoxy groups -OCH3 is 1. The zero-order valence-corrected chi connectivity index (χ0v) is 13.4. The van der Waals surface area contributed by atoms with Crippen molar-refractivity contribution < 1.29 is 14.3 Å². The Morgan fingerprint density at radius 3 is 2.64 bits per heavy atom. The van der Waals surface area contributed by atoms with Crippen LogP contribution in [0.25, 0.3) is 0 Å². The van der Waals surface area contributed by atoms with Crippen LogP contribution in [-0.4, -0.2) is 29.8 Å². The van der Waals surface area contributed by atoms with Crippen molar-refractivity contribution in [2.45, 2.75) is 38.8 Å². The van der Waals surface area contributed by atoms with E-state index in [9.17, 15) is 9.59 Å². The summed E-state index contributed by atoms with van der Waals surface area (Å²) < 4.78 is 5.00. The summed E-state index contributed by atoms with van der Waals surface area (Å²) >= 11 is 0. The Morgan fingerprint density at radius 1 is 1.36 bits per heavy atom. The van der Waals surface area contributed by atoms with Crippen molar-refractivity contribution in [3.05, 3.63) is 48.2 Å². The molecule has 1 heterocycles. The van der Waals surface area contributed by atoms with Crippen molar-refractivity contribution in [2.24, 2.45) is 5.92 Å². The van der Waals surface area contributed by atoms with Gasteiger partial charge >= 0.3 is 5.97 Å². The van der Waals surface area contributed by atoms with Gasteiger partial charge < -0.3 is 9.64 Å². The Hall–Kier alpha value is -2.10. The molecule has 1 aromatic carbocycles. The summed E-state index contributed by atoms with van der Waals surface area (Å²) in [6.07, 6.45) is 4.54. The summed E-state index contributed by atoms with van der Waals surface area (Å²) in [5.41, 5.74) is 1.04. The van der Waals surface area contributed by atoms with Crippen molar-refractivity contribution >= 4 is 11.8 Å². The Kier molecular flexibility index (Phi) is 5.36. The maximum absolute atomic E-state index is 12.3. The summed E-state index contributed by atoms with van der Waals surface area (Å²) in [7, 11) is 1.41. The summed E-state index contributed by atoms with van der Waals surface area (Å²) in [4.78, 5) is 26.1. The van der Waals surface area contributed by atoms with Gasteiger partial charge in [-0.2, -0.15) is 0 Å². The number of esters is 1. The molecule has 0 aliphatic carbocycles. The average Bonchev–Trinajstić information content (AvgIpc) is 2.56. The van der Waals surface area contributed by atoms with Crippen LogP contribution in [0.1, 0.15) is 38.3 Å². The first-order chi connectivity index (χ1) is 10.6. The Morgan fingerprint density at radius 2 is 2.05 bits per heavy atom. The van der Waals surface area contributed by atoms with Gasteiger partial charge in [0.05, 0.1) is 13.2 Å². The third-order valence-electron chi connectivity index (χ3n) is 4.32. The van der Waals surface area contributed by atoms with Gasteiger partial charge in [0.15, 0.2) is 5.78 Å². The molecule has 1 aromatic rings. The predicted molar refractivity (Wildman–Crippen MR) is 85.0 cm³/mol. The van der Waals surface area contributed by atoms with E-state index in [1.165, 1.54) is 7.11 Å². The number of allylic oxidation sites excluding steroid dienone is 1. The van der Waals surface area contributed by atoms with Crippen LogP contribution in [0.2, 0.25) is 0 Å². The van der Waals surface area contributed by atoms with Crippen LogP contribution in [-0.2, 0) is 14.3 Å². The highest BCUT2D eigenvalue weighted by Gasteiger charge is 2.36. The van der Waals surface area contributed by atoms with Crippen LogP contribution in [0.5, 0.6) is 0 Å². The maximum Gasteiger partial charge on any atom is 0.328 e. The Balaban J connectivity index is 2.40. The molecule has 4 nitrogen and oxygen atoms in total. The van der Waals surface area contributed by atoms with Gasteiger partial charge in [0.1, 0.15) is 6.04 Å².